The Labute approximate surface area is 117 Å². The van der Waals surface area contributed by atoms with Crippen LogP contribution >= 0.6 is 44.4 Å². The number of carbonyl (C=O) groups is 1. The van der Waals surface area contributed by atoms with Gasteiger partial charge in [0.25, 0.3) is 0 Å². The van der Waals surface area contributed by atoms with Crippen molar-refractivity contribution in [1.29, 1.82) is 0 Å². The summed E-state index contributed by atoms with van der Waals surface area (Å²) in [5.41, 5.74) is -0.0933. The van der Waals surface area contributed by atoms with Crippen LogP contribution in [0, 0.1) is 3.57 Å². The van der Waals surface area contributed by atoms with Crippen molar-refractivity contribution in [3.05, 3.63) is 43.4 Å². The van der Waals surface area contributed by atoms with E-state index in [1.165, 1.54) is 6.07 Å². The Kier molecular flexibility index (Phi) is 3.65. The molecule has 0 aromatic heterocycles. The lowest BCUT2D eigenvalue weighted by Gasteiger charge is -2.07. The van der Waals surface area contributed by atoms with Crippen LogP contribution in [0.4, 0.5) is 0 Å². The number of fused-ring (bicyclic) bond motifs is 1. The normalized spacial score (nSPS) is 10.7. The van der Waals surface area contributed by atoms with E-state index in [1.54, 1.807) is 18.2 Å². The summed E-state index contributed by atoms with van der Waals surface area (Å²) in [6.45, 7) is 0. The van der Waals surface area contributed by atoms with Crippen molar-refractivity contribution in [2.75, 3.05) is 0 Å². The maximum absolute atomic E-state index is 11.3. The van der Waals surface area contributed by atoms with E-state index in [4.69, 9.17) is 28.3 Å². The van der Waals surface area contributed by atoms with Crippen molar-refractivity contribution in [3.8, 4) is 0 Å². The highest BCUT2D eigenvalue weighted by Gasteiger charge is 2.19. The molecule has 0 atom stereocenters. The molecule has 0 amide bonds. The second kappa shape index (κ2) is 4.88. The van der Waals surface area contributed by atoms with Gasteiger partial charge in [0.05, 0.1) is 14.2 Å². The van der Waals surface area contributed by atoms with Gasteiger partial charge in [-0.1, -0.05) is 35.3 Å². The van der Waals surface area contributed by atoms with Crippen molar-refractivity contribution < 1.29 is 13.0 Å². The third-order valence-corrected chi connectivity index (χ3v) is 4.50. The topological polar surface area (TPSA) is 54.4 Å². The van der Waals surface area contributed by atoms with Crippen LogP contribution in [0.25, 0.3) is 10.8 Å². The first-order chi connectivity index (χ1) is 8.06. The lowest BCUT2D eigenvalue weighted by molar-refractivity contribution is 0.0696. The molecule has 0 saturated heterocycles. The zero-order valence-corrected chi connectivity index (χ0v) is 11.9. The average Bonchev–Trinajstić information content (AvgIpc) is 2.28. The maximum Gasteiger partial charge on any atom is 0.338 e. The van der Waals surface area contributed by atoms with Crippen LogP contribution in [-0.2, 0) is 3.07 Å². The molecular formula is C11H5Cl2IO3. The Hall–Kier alpha value is -0.720. The van der Waals surface area contributed by atoms with Crippen LogP contribution < -0.4 is 0 Å². The van der Waals surface area contributed by atoms with Gasteiger partial charge in [-0.3, -0.25) is 3.07 Å². The Morgan fingerprint density at radius 1 is 1.18 bits per heavy atom. The Bertz CT molecular complexity index is 640. The molecule has 6 heteroatoms. The monoisotopic (exact) mass is 382 g/mol. The molecule has 17 heavy (non-hydrogen) atoms. The van der Waals surface area contributed by atoms with Crippen LogP contribution in [0.5, 0.6) is 0 Å². The number of aromatic carboxylic acids is 1. The SMILES string of the molecule is O=Ic1c(C(=O)O)c(Cl)cc2c(Cl)cccc12. The molecule has 2 aromatic rings. The fourth-order valence-corrected chi connectivity index (χ4v) is 3.71. The van der Waals surface area contributed by atoms with Crippen molar-refractivity contribution >= 4 is 61.1 Å². The third-order valence-electron chi connectivity index (χ3n) is 2.31. The zero-order chi connectivity index (χ0) is 12.6. The van der Waals surface area contributed by atoms with Gasteiger partial charge in [0, 0.05) is 15.8 Å². The molecule has 0 fully saturated rings. The van der Waals surface area contributed by atoms with Crippen molar-refractivity contribution in [3.63, 3.8) is 0 Å². The second-order valence-electron chi connectivity index (χ2n) is 3.26. The minimum atomic E-state index is -1.65. The molecule has 0 radical (unpaired) electrons. The summed E-state index contributed by atoms with van der Waals surface area (Å²) in [4.78, 5) is 11.1. The Morgan fingerprint density at radius 3 is 2.47 bits per heavy atom. The van der Waals surface area contributed by atoms with E-state index in [1.807, 2.05) is 0 Å². The summed E-state index contributed by atoms with van der Waals surface area (Å²) in [6.07, 6.45) is 0. The first-order valence-corrected chi connectivity index (χ1v) is 7.19. The van der Waals surface area contributed by atoms with Gasteiger partial charge in [-0.05, 0) is 12.1 Å². The molecular weight excluding hydrogens is 378 g/mol. The zero-order valence-electron chi connectivity index (χ0n) is 8.21. The van der Waals surface area contributed by atoms with E-state index in [9.17, 15) is 7.86 Å². The Morgan fingerprint density at radius 2 is 1.88 bits per heavy atom. The largest absolute Gasteiger partial charge is 0.478 e. The molecule has 0 aliphatic rings. The molecule has 0 aliphatic carbocycles. The smallest absolute Gasteiger partial charge is 0.338 e. The van der Waals surface area contributed by atoms with Gasteiger partial charge in [0.15, 0.2) is 21.2 Å². The summed E-state index contributed by atoms with van der Waals surface area (Å²) in [5, 5.41) is 10.8. The number of benzene rings is 2. The van der Waals surface area contributed by atoms with Gasteiger partial charge in [0.2, 0.25) is 0 Å². The number of halogens is 3. The summed E-state index contributed by atoms with van der Waals surface area (Å²) in [7, 11) is 0. The highest BCUT2D eigenvalue weighted by atomic mass is 127. The van der Waals surface area contributed by atoms with Crippen LogP contribution in [-0.4, -0.2) is 11.1 Å². The summed E-state index contributed by atoms with van der Waals surface area (Å²) >= 11 is 10.2. The van der Waals surface area contributed by atoms with Gasteiger partial charge in [-0.2, -0.15) is 0 Å². The number of rotatable bonds is 2. The van der Waals surface area contributed by atoms with Gasteiger partial charge in [-0.15, -0.1) is 0 Å². The van der Waals surface area contributed by atoms with Crippen LogP contribution in [0.15, 0.2) is 24.3 Å². The van der Waals surface area contributed by atoms with Crippen molar-refractivity contribution in [2.24, 2.45) is 0 Å². The second-order valence-corrected chi connectivity index (χ2v) is 5.60. The molecule has 3 nitrogen and oxygen atoms in total. The van der Waals surface area contributed by atoms with Gasteiger partial charge in [0.1, 0.15) is 0 Å². The predicted octanol–water partition coefficient (Wildman–Crippen LogP) is 4.33. The maximum atomic E-state index is 11.3. The average molecular weight is 383 g/mol. The van der Waals surface area contributed by atoms with Gasteiger partial charge >= 0.3 is 5.97 Å². The third kappa shape index (κ3) is 2.17. The molecule has 0 bridgehead atoms. The first-order valence-electron chi connectivity index (χ1n) is 4.47. The summed E-state index contributed by atoms with van der Waals surface area (Å²) in [5.74, 6) is -1.18. The molecule has 88 valence electrons. The molecule has 0 aliphatic heterocycles. The number of hydrogen-bond donors (Lipinski definition) is 1. The minimum absolute atomic E-state index is 0.0589. The van der Waals surface area contributed by atoms with E-state index in [0.717, 1.165) is 0 Å². The fraction of sp³-hybridized carbons (Fsp3) is 0. The lowest BCUT2D eigenvalue weighted by Crippen LogP contribution is -2.02. The predicted molar refractivity (Wildman–Crippen MR) is 74.3 cm³/mol. The van der Waals surface area contributed by atoms with E-state index in [2.05, 4.69) is 0 Å². The summed E-state index contributed by atoms with van der Waals surface area (Å²) < 4.78 is 11.6. The van der Waals surface area contributed by atoms with Gasteiger partial charge < -0.3 is 5.11 Å². The van der Waals surface area contributed by atoms with Crippen LogP contribution in [0.3, 0.4) is 0 Å². The number of carboxylic acids is 1. The van der Waals surface area contributed by atoms with Gasteiger partial charge in [-0.25, -0.2) is 4.79 Å². The standard InChI is InChI=1S/C11H5Cl2IO3/c12-7-3-1-2-5-6(7)4-8(13)9(11(15)16)10(5)14-17/h1-4H,(H,15,16). The quantitative estimate of drug-likeness (QED) is 0.786. The Balaban J connectivity index is 3.00. The molecule has 0 unspecified atom stereocenters. The molecule has 0 heterocycles. The lowest BCUT2D eigenvalue weighted by atomic mass is 10.1. The van der Waals surface area contributed by atoms with E-state index in [-0.39, 0.29) is 14.2 Å². The molecule has 2 rings (SSSR count). The molecule has 0 spiro atoms. The highest BCUT2D eigenvalue weighted by Crippen LogP contribution is 2.35. The van der Waals surface area contributed by atoms with Crippen LogP contribution in [0.1, 0.15) is 10.4 Å². The molecule has 2 aromatic carbocycles. The number of hydrogen-bond acceptors (Lipinski definition) is 2. The van der Waals surface area contributed by atoms with E-state index in [0.29, 0.717) is 15.8 Å². The van der Waals surface area contributed by atoms with E-state index >= 15 is 0 Å². The minimum Gasteiger partial charge on any atom is -0.478 e. The van der Waals surface area contributed by atoms with Crippen molar-refractivity contribution in [2.45, 2.75) is 0 Å². The summed E-state index contributed by atoms with van der Waals surface area (Å²) in [6, 6.07) is 6.54. The highest BCUT2D eigenvalue weighted by molar-refractivity contribution is 14.1. The number of carboxylic acid groups (broad SMARTS) is 1. The molecule has 1 N–H and O–H groups in total. The fourth-order valence-electron chi connectivity index (χ4n) is 1.59. The van der Waals surface area contributed by atoms with Crippen molar-refractivity contribution in [1.82, 2.24) is 0 Å². The van der Waals surface area contributed by atoms with Crippen LogP contribution in [0.2, 0.25) is 10.0 Å². The van der Waals surface area contributed by atoms with E-state index < -0.39 is 27.2 Å². The first kappa shape index (κ1) is 12.7. The molecule has 0 saturated carbocycles.